The molecule has 2 heterocycles. The molecule has 1 saturated heterocycles. The topological polar surface area (TPSA) is 88.5 Å². The number of hydrogen-bond donors (Lipinski definition) is 1. The summed E-state index contributed by atoms with van der Waals surface area (Å²) in [6.07, 6.45) is 1.30. The van der Waals surface area contributed by atoms with E-state index in [1.54, 1.807) is 36.4 Å². The van der Waals surface area contributed by atoms with E-state index in [1.165, 1.54) is 23.5 Å². The molecule has 0 unspecified atom stereocenters. The van der Waals surface area contributed by atoms with Crippen LogP contribution in [0.25, 0.3) is 0 Å². The van der Waals surface area contributed by atoms with E-state index in [1.807, 2.05) is 12.1 Å². The van der Waals surface area contributed by atoms with Gasteiger partial charge in [-0.05, 0) is 66.9 Å². The molecular formula is C26H27ClN2O6S. The fraction of sp³-hybridized carbons (Fsp3) is 0.308. The van der Waals surface area contributed by atoms with E-state index in [0.717, 1.165) is 5.56 Å². The number of halogens is 1. The first-order valence-electron chi connectivity index (χ1n) is 11.6. The summed E-state index contributed by atoms with van der Waals surface area (Å²) in [5.41, 5.74) is 1.56. The number of phenolic OH excluding ortho intramolecular Hbond substituents is 1. The van der Waals surface area contributed by atoms with Crippen molar-refractivity contribution in [3.8, 4) is 23.0 Å². The van der Waals surface area contributed by atoms with Crippen LogP contribution in [0.1, 0.15) is 18.4 Å². The Labute approximate surface area is 215 Å². The lowest BCUT2D eigenvalue weighted by Gasteiger charge is -2.39. The number of methoxy groups -OCH3 is 1. The Balaban J connectivity index is 1.39. The number of anilines is 1. The third-order valence-corrected chi connectivity index (χ3v) is 8.67. The van der Waals surface area contributed by atoms with Gasteiger partial charge in [-0.3, -0.25) is 9.21 Å². The van der Waals surface area contributed by atoms with Crippen molar-refractivity contribution in [3.63, 3.8) is 0 Å². The van der Waals surface area contributed by atoms with Gasteiger partial charge in [0, 0.05) is 36.8 Å². The van der Waals surface area contributed by atoms with Gasteiger partial charge in [0.05, 0.1) is 17.7 Å². The van der Waals surface area contributed by atoms with Crippen LogP contribution in [0.2, 0.25) is 5.02 Å². The van der Waals surface area contributed by atoms with Gasteiger partial charge in [-0.15, -0.1) is 0 Å². The van der Waals surface area contributed by atoms with Crippen LogP contribution in [0.15, 0.2) is 65.6 Å². The first-order chi connectivity index (χ1) is 17.3. The molecule has 0 bridgehead atoms. The highest BCUT2D eigenvalue weighted by Gasteiger charge is 2.35. The maximum Gasteiger partial charge on any atom is 0.264 e. The van der Waals surface area contributed by atoms with Crippen LogP contribution in [0.4, 0.5) is 5.69 Å². The average Bonchev–Trinajstić information content (AvgIpc) is 3.35. The molecule has 3 aromatic rings. The Morgan fingerprint density at radius 1 is 1.03 bits per heavy atom. The number of benzene rings is 3. The van der Waals surface area contributed by atoms with Crippen LogP contribution >= 0.6 is 11.6 Å². The molecule has 190 valence electrons. The van der Waals surface area contributed by atoms with E-state index >= 15 is 0 Å². The second-order valence-corrected chi connectivity index (χ2v) is 11.1. The lowest BCUT2D eigenvalue weighted by molar-refractivity contribution is 0.174. The molecule has 0 amide bonds. The molecule has 3 aromatic carbocycles. The summed E-state index contributed by atoms with van der Waals surface area (Å²) in [6.45, 7) is 2.22. The minimum Gasteiger partial charge on any atom is -0.504 e. The van der Waals surface area contributed by atoms with Crippen molar-refractivity contribution >= 4 is 27.3 Å². The van der Waals surface area contributed by atoms with Crippen molar-refractivity contribution in [2.24, 2.45) is 0 Å². The minimum atomic E-state index is -3.86. The largest absolute Gasteiger partial charge is 0.504 e. The lowest BCUT2D eigenvalue weighted by Crippen LogP contribution is -2.47. The van der Waals surface area contributed by atoms with Gasteiger partial charge in [-0.2, -0.15) is 0 Å². The van der Waals surface area contributed by atoms with Crippen LogP contribution in [-0.2, 0) is 16.6 Å². The smallest absolute Gasteiger partial charge is 0.264 e. The molecule has 0 atom stereocenters. The number of fused-ring (bicyclic) bond motifs is 1. The van der Waals surface area contributed by atoms with Gasteiger partial charge < -0.3 is 19.3 Å². The van der Waals surface area contributed by atoms with Gasteiger partial charge in [0.1, 0.15) is 0 Å². The van der Waals surface area contributed by atoms with E-state index in [2.05, 4.69) is 4.90 Å². The van der Waals surface area contributed by atoms with E-state index in [4.69, 9.17) is 25.8 Å². The van der Waals surface area contributed by atoms with Crippen molar-refractivity contribution in [2.45, 2.75) is 30.3 Å². The normalized spacial score (nSPS) is 16.2. The number of rotatable bonds is 7. The number of nitrogens with zero attached hydrogens (tertiary/aromatic N) is 2. The van der Waals surface area contributed by atoms with Gasteiger partial charge in [0.25, 0.3) is 10.0 Å². The molecule has 2 aliphatic rings. The Bertz CT molecular complexity index is 1340. The molecule has 0 spiro atoms. The standard InChI is InChI=1S/C26H27ClN2O6S/c1-33-25-14-18(2-8-23(25)30)16-28-12-10-20(11-13-28)29(21-5-9-24-26(15-21)35-17-34-24)36(31,32)22-6-3-19(27)4-7-22/h2-9,14-15,20,30H,10-13,16-17H2,1H3. The van der Waals surface area contributed by atoms with Crippen molar-refractivity contribution < 1.29 is 27.7 Å². The molecule has 10 heteroatoms. The number of sulfonamides is 1. The molecule has 0 radical (unpaired) electrons. The predicted molar refractivity (Wildman–Crippen MR) is 137 cm³/mol. The SMILES string of the molecule is COc1cc(CN2CCC(N(c3ccc4c(c3)OCO4)S(=O)(=O)c3ccc(Cl)cc3)CC2)ccc1O. The molecule has 1 fully saturated rings. The fourth-order valence-electron chi connectivity index (χ4n) is 4.68. The maximum absolute atomic E-state index is 13.9. The van der Waals surface area contributed by atoms with Crippen LogP contribution in [0.5, 0.6) is 23.0 Å². The molecule has 8 nitrogen and oxygen atoms in total. The van der Waals surface area contributed by atoms with Crippen molar-refractivity contribution in [1.29, 1.82) is 0 Å². The maximum atomic E-state index is 13.9. The quantitative estimate of drug-likeness (QED) is 0.476. The van der Waals surface area contributed by atoms with Gasteiger partial charge in [-0.25, -0.2) is 8.42 Å². The Morgan fingerprint density at radius 3 is 2.47 bits per heavy atom. The summed E-state index contributed by atoms with van der Waals surface area (Å²) in [6, 6.07) is 16.5. The molecule has 0 aromatic heterocycles. The second kappa shape index (κ2) is 10.1. The average molecular weight is 531 g/mol. The Kier molecular flexibility index (Phi) is 6.87. The van der Waals surface area contributed by atoms with Crippen LogP contribution < -0.4 is 18.5 Å². The zero-order valence-corrected chi connectivity index (χ0v) is 21.3. The van der Waals surface area contributed by atoms with Crippen LogP contribution in [0.3, 0.4) is 0 Å². The molecular weight excluding hydrogens is 504 g/mol. The first kappa shape index (κ1) is 24.5. The van der Waals surface area contributed by atoms with Gasteiger partial charge in [0.15, 0.2) is 23.0 Å². The minimum absolute atomic E-state index is 0.103. The van der Waals surface area contributed by atoms with E-state index in [9.17, 15) is 13.5 Å². The number of aromatic hydroxyl groups is 1. The van der Waals surface area contributed by atoms with Gasteiger partial charge in [-0.1, -0.05) is 17.7 Å². The van der Waals surface area contributed by atoms with Gasteiger partial charge >= 0.3 is 0 Å². The number of hydrogen-bond acceptors (Lipinski definition) is 7. The highest BCUT2D eigenvalue weighted by atomic mass is 35.5. The van der Waals surface area contributed by atoms with Crippen LogP contribution in [-0.4, -0.2) is 51.5 Å². The highest BCUT2D eigenvalue weighted by Crippen LogP contribution is 2.39. The van der Waals surface area contributed by atoms with E-state index in [-0.39, 0.29) is 23.5 Å². The number of phenols is 1. The highest BCUT2D eigenvalue weighted by molar-refractivity contribution is 7.92. The summed E-state index contributed by atoms with van der Waals surface area (Å²) in [5.74, 6) is 1.67. The Morgan fingerprint density at radius 2 is 1.75 bits per heavy atom. The molecule has 0 saturated carbocycles. The predicted octanol–water partition coefficient (Wildman–Crippen LogP) is 4.64. The molecule has 2 aliphatic heterocycles. The molecule has 1 N–H and O–H groups in total. The number of piperidine rings is 1. The molecule has 0 aliphatic carbocycles. The number of ether oxygens (including phenoxy) is 3. The number of likely N-dealkylation sites (tertiary alicyclic amines) is 1. The van der Waals surface area contributed by atoms with Crippen LogP contribution in [0, 0.1) is 0 Å². The zero-order valence-electron chi connectivity index (χ0n) is 19.8. The summed E-state index contributed by atoms with van der Waals surface area (Å²) in [4.78, 5) is 2.46. The Hall–Kier alpha value is -3.14. The van der Waals surface area contributed by atoms with Crippen molar-refractivity contribution in [2.75, 3.05) is 31.3 Å². The third-order valence-electron chi connectivity index (χ3n) is 6.52. The summed E-state index contributed by atoms with van der Waals surface area (Å²) < 4.78 is 45.4. The monoisotopic (exact) mass is 530 g/mol. The van der Waals surface area contributed by atoms with E-state index < -0.39 is 10.0 Å². The second-order valence-electron chi connectivity index (χ2n) is 8.81. The third kappa shape index (κ3) is 4.91. The fourth-order valence-corrected chi connectivity index (χ4v) is 6.51. The molecule has 5 rings (SSSR count). The van der Waals surface area contributed by atoms with Crippen molar-refractivity contribution in [3.05, 3.63) is 71.2 Å². The molecule has 36 heavy (non-hydrogen) atoms. The summed E-state index contributed by atoms with van der Waals surface area (Å²) in [5, 5.41) is 10.3. The van der Waals surface area contributed by atoms with E-state index in [0.29, 0.717) is 60.4 Å². The van der Waals surface area contributed by atoms with Crippen molar-refractivity contribution in [1.82, 2.24) is 4.90 Å². The zero-order chi connectivity index (χ0) is 25.3. The first-order valence-corrected chi connectivity index (χ1v) is 13.4. The lowest BCUT2D eigenvalue weighted by atomic mass is 10.0. The van der Waals surface area contributed by atoms with Gasteiger partial charge in [0.2, 0.25) is 6.79 Å². The summed E-state index contributed by atoms with van der Waals surface area (Å²) >= 11 is 6.02. The summed E-state index contributed by atoms with van der Waals surface area (Å²) in [7, 11) is -2.34.